The van der Waals surface area contributed by atoms with Gasteiger partial charge in [-0.3, -0.25) is 0 Å². The molecule has 1 heterocycles. The Morgan fingerprint density at radius 1 is 1.08 bits per heavy atom. The van der Waals surface area contributed by atoms with Crippen molar-refractivity contribution in [3.8, 4) is 0 Å². The first-order chi connectivity index (χ1) is 18.4. The summed E-state index contributed by atoms with van der Waals surface area (Å²) < 4.78 is 5.01. The van der Waals surface area contributed by atoms with Crippen molar-refractivity contribution in [1.82, 2.24) is 4.98 Å². The van der Waals surface area contributed by atoms with Crippen LogP contribution in [0.2, 0.25) is 5.02 Å². The molecule has 1 saturated carbocycles. The number of rotatable bonds is 10. The van der Waals surface area contributed by atoms with Crippen LogP contribution in [-0.4, -0.2) is 23.8 Å². The monoisotopic (exact) mass is 563 g/mol. The van der Waals surface area contributed by atoms with E-state index in [1.54, 1.807) is 0 Å². The van der Waals surface area contributed by atoms with E-state index in [2.05, 4.69) is 43.3 Å². The number of aryl methyl sites for hydroxylation is 1. The molecular formula is C33H31ClNNaO2S. The van der Waals surface area contributed by atoms with Crippen molar-refractivity contribution in [3.63, 3.8) is 0 Å². The average molecular weight is 564 g/mol. The zero-order valence-electron chi connectivity index (χ0n) is 22.5. The Morgan fingerprint density at radius 3 is 2.67 bits per heavy atom. The third-order valence-corrected chi connectivity index (χ3v) is 8.98. The molecule has 0 saturated heterocycles. The molecule has 0 bridgehead atoms. The van der Waals surface area contributed by atoms with Gasteiger partial charge in [-0.1, -0.05) is 85.1 Å². The van der Waals surface area contributed by atoms with Gasteiger partial charge < -0.3 is 11.7 Å². The summed E-state index contributed by atoms with van der Waals surface area (Å²) in [6.45, 7) is 4.41. The number of fused-ring (bicyclic) bond motifs is 1. The minimum Gasteiger partial charge on any atom is -0.465 e. The summed E-state index contributed by atoms with van der Waals surface area (Å²) in [7, 11) is 1.43. The molecule has 39 heavy (non-hydrogen) atoms. The van der Waals surface area contributed by atoms with Gasteiger partial charge in [-0.25, -0.2) is 9.78 Å². The molecule has 1 aromatic heterocycles. The smallest absolute Gasteiger partial charge is 0.465 e. The first-order valence-corrected chi connectivity index (χ1v) is 14.3. The third kappa shape index (κ3) is 7.99. The zero-order chi connectivity index (χ0) is 26.5. The Labute approximate surface area is 262 Å². The third-order valence-electron chi connectivity index (χ3n) is 7.05. The number of thioether (sulfide) groups is 1. The Kier molecular flexibility index (Phi) is 10.4. The maximum atomic E-state index is 12.3. The summed E-state index contributed by atoms with van der Waals surface area (Å²) in [6, 6.07) is 26.3. The number of ether oxygens (including phenoxy) is 1. The van der Waals surface area contributed by atoms with Gasteiger partial charge >= 0.3 is 35.5 Å². The summed E-state index contributed by atoms with van der Waals surface area (Å²) in [5.41, 5.74) is 6.09. The van der Waals surface area contributed by atoms with Crippen LogP contribution in [0.25, 0.3) is 23.1 Å². The SMILES string of the molecule is [CH2-]C1(CS[C@@H](CCc2ccccc2C(=O)OC)c2cccc(/C=C/c3ccc4ccc(Cl)cc4n3)c2)CC1.[Na+]. The average Bonchev–Trinajstić information content (AvgIpc) is 3.68. The van der Waals surface area contributed by atoms with Crippen LogP contribution in [0.3, 0.4) is 0 Å². The van der Waals surface area contributed by atoms with Crippen molar-refractivity contribution in [2.45, 2.75) is 30.9 Å². The molecule has 0 radical (unpaired) electrons. The van der Waals surface area contributed by atoms with Crippen molar-refractivity contribution in [3.05, 3.63) is 119 Å². The number of pyridine rings is 1. The molecule has 0 unspecified atom stereocenters. The number of nitrogens with zero attached hydrogens (tertiary/aromatic N) is 1. The van der Waals surface area contributed by atoms with Crippen LogP contribution < -0.4 is 29.6 Å². The normalized spacial score (nSPS) is 14.6. The number of benzene rings is 3. The number of carbonyl (C=O) groups is 1. The molecule has 1 fully saturated rings. The molecule has 5 rings (SSSR count). The van der Waals surface area contributed by atoms with Crippen molar-refractivity contribution >= 4 is 52.4 Å². The van der Waals surface area contributed by atoms with Gasteiger partial charge in [-0.05, 0) is 65.6 Å². The van der Waals surface area contributed by atoms with Crippen LogP contribution in [0.1, 0.15) is 57.3 Å². The minimum atomic E-state index is -0.281. The van der Waals surface area contributed by atoms with Gasteiger partial charge in [-0.15, -0.1) is 5.41 Å². The molecule has 0 aliphatic heterocycles. The Hall–Kier alpha value is -2.08. The number of hydrogen-bond acceptors (Lipinski definition) is 4. The van der Waals surface area contributed by atoms with E-state index in [1.165, 1.54) is 25.5 Å². The Morgan fingerprint density at radius 2 is 1.87 bits per heavy atom. The molecule has 6 heteroatoms. The first-order valence-electron chi connectivity index (χ1n) is 12.9. The predicted octanol–water partition coefficient (Wildman–Crippen LogP) is 5.87. The molecule has 1 aliphatic carbocycles. The number of aromatic nitrogens is 1. The first kappa shape index (κ1) is 29.9. The van der Waals surface area contributed by atoms with E-state index >= 15 is 0 Å². The van der Waals surface area contributed by atoms with Gasteiger partial charge in [0.2, 0.25) is 0 Å². The number of methoxy groups -OCH3 is 1. The molecule has 3 aromatic carbocycles. The van der Waals surface area contributed by atoms with E-state index in [0.29, 0.717) is 15.8 Å². The predicted molar refractivity (Wildman–Crippen MR) is 160 cm³/mol. The van der Waals surface area contributed by atoms with E-state index in [9.17, 15) is 4.79 Å². The van der Waals surface area contributed by atoms with Gasteiger partial charge in [0.25, 0.3) is 0 Å². The Bertz CT molecular complexity index is 1480. The molecule has 4 aromatic rings. The molecular weight excluding hydrogens is 533 g/mol. The van der Waals surface area contributed by atoms with Gasteiger partial charge in [-0.2, -0.15) is 11.8 Å². The fourth-order valence-electron chi connectivity index (χ4n) is 4.52. The van der Waals surface area contributed by atoms with Crippen LogP contribution in [-0.2, 0) is 11.2 Å². The Balaban J connectivity index is 0.00000353. The summed E-state index contributed by atoms with van der Waals surface area (Å²) in [5, 5.41) is 2.06. The van der Waals surface area contributed by atoms with Crippen LogP contribution in [0, 0.1) is 12.3 Å². The number of carbonyl (C=O) groups excluding carboxylic acids is 1. The molecule has 3 nitrogen and oxygen atoms in total. The second kappa shape index (κ2) is 13.5. The van der Waals surface area contributed by atoms with Crippen molar-refractivity contribution in [2.24, 2.45) is 5.41 Å². The standard InChI is InChI=1S/C33H31ClNO2S.Na/c1-33(18-19-33)22-38-31(17-13-24-7-3-4-9-29(24)32(36)37-2)26-8-5-6-23(20-26)10-15-28-16-12-25-11-14-27(34)21-30(25)35-28;/h3-12,14-16,20-21,31H,1,13,17-19,22H2,2H3;/q-1;+1/b15-10+;/t31-;/m0./s1. The van der Waals surface area contributed by atoms with Crippen LogP contribution in [0.5, 0.6) is 0 Å². The van der Waals surface area contributed by atoms with Crippen LogP contribution in [0.4, 0.5) is 0 Å². The number of esters is 1. The molecule has 1 aliphatic rings. The van der Waals surface area contributed by atoms with E-state index in [4.69, 9.17) is 21.3 Å². The molecule has 1 atom stereocenters. The molecule has 0 amide bonds. The van der Waals surface area contributed by atoms with Gasteiger partial charge in [0.15, 0.2) is 0 Å². The molecule has 194 valence electrons. The molecule has 0 N–H and O–H groups in total. The van der Waals surface area contributed by atoms with Gasteiger partial charge in [0, 0.05) is 15.7 Å². The fraction of sp³-hybridized carbons (Fsp3) is 0.242. The second-order valence-corrected chi connectivity index (χ2v) is 11.7. The summed E-state index contributed by atoms with van der Waals surface area (Å²) >= 11 is 8.14. The van der Waals surface area contributed by atoms with E-state index in [-0.39, 0.29) is 40.9 Å². The van der Waals surface area contributed by atoms with E-state index in [1.807, 2.05) is 66.4 Å². The van der Waals surface area contributed by atoms with E-state index < -0.39 is 0 Å². The van der Waals surface area contributed by atoms with Crippen molar-refractivity contribution < 1.29 is 39.1 Å². The topological polar surface area (TPSA) is 39.2 Å². The maximum Gasteiger partial charge on any atom is 1.00 e. The summed E-state index contributed by atoms with van der Waals surface area (Å²) in [6.07, 6.45) is 8.28. The maximum absolute atomic E-state index is 12.3. The van der Waals surface area contributed by atoms with Crippen LogP contribution >= 0.6 is 23.4 Å². The number of halogens is 1. The van der Waals surface area contributed by atoms with E-state index in [0.717, 1.165) is 46.3 Å². The van der Waals surface area contributed by atoms with Gasteiger partial charge in [0.05, 0.1) is 23.9 Å². The van der Waals surface area contributed by atoms with Crippen LogP contribution in [0.15, 0.2) is 78.9 Å². The summed E-state index contributed by atoms with van der Waals surface area (Å²) in [4.78, 5) is 17.0. The quantitative estimate of drug-likeness (QED) is 0.137. The molecule has 0 spiro atoms. The van der Waals surface area contributed by atoms with Gasteiger partial charge in [0.1, 0.15) is 0 Å². The fourth-order valence-corrected chi connectivity index (χ4v) is 6.16. The van der Waals surface area contributed by atoms with Crippen molar-refractivity contribution in [2.75, 3.05) is 12.9 Å². The number of hydrogen-bond donors (Lipinski definition) is 0. The van der Waals surface area contributed by atoms with Crippen molar-refractivity contribution in [1.29, 1.82) is 0 Å². The minimum absolute atomic E-state index is 0. The largest absolute Gasteiger partial charge is 1.00 e. The second-order valence-electron chi connectivity index (χ2n) is 10.1. The summed E-state index contributed by atoms with van der Waals surface area (Å²) in [5.74, 6) is 0.760. The zero-order valence-corrected chi connectivity index (χ0v) is 26.1.